The van der Waals surface area contributed by atoms with Crippen LogP contribution in [0, 0.1) is 0 Å². The lowest BCUT2D eigenvalue weighted by Gasteiger charge is -2.19. The molecule has 0 heterocycles. The van der Waals surface area contributed by atoms with Gasteiger partial charge in [-0.05, 0) is 31.4 Å². The molecule has 1 aromatic carbocycles. The lowest BCUT2D eigenvalue weighted by atomic mass is 10.1. The standard InChI is InChI=1S/C49H90O8/c1-4-7-10-13-16-19-22-25-28-31-35-54-46-43-45(49(51)57-42-41-53-40-39-52-38-34-50)44-47(55-36-32-29-26-23-20-17-14-11-8-5-2)48(46)56-37-33-30-27-24-21-18-15-12-9-6-3/h43-44,50H,4-42H2,1-3H3. The molecule has 0 bridgehead atoms. The molecule has 8 heteroatoms. The van der Waals surface area contributed by atoms with Gasteiger partial charge in [0.2, 0.25) is 5.75 Å². The Bertz CT molecular complexity index is 955. The molecule has 0 atom stereocenters. The summed E-state index contributed by atoms with van der Waals surface area (Å²) in [5.74, 6) is 1.28. The second-order valence-electron chi connectivity index (χ2n) is 16.0. The van der Waals surface area contributed by atoms with Crippen molar-refractivity contribution in [3.63, 3.8) is 0 Å². The molecule has 0 aromatic heterocycles. The molecule has 0 aliphatic heterocycles. The minimum Gasteiger partial charge on any atom is -0.490 e. The predicted octanol–water partition coefficient (Wildman–Crippen LogP) is 13.8. The van der Waals surface area contributed by atoms with E-state index in [1.54, 1.807) is 12.1 Å². The first-order chi connectivity index (χ1) is 28.2. The highest BCUT2D eigenvalue weighted by Crippen LogP contribution is 2.40. The molecule has 0 saturated carbocycles. The third-order valence-electron chi connectivity index (χ3n) is 10.6. The van der Waals surface area contributed by atoms with Gasteiger partial charge in [0.05, 0.1) is 58.4 Å². The van der Waals surface area contributed by atoms with Gasteiger partial charge >= 0.3 is 5.97 Å². The zero-order valence-corrected chi connectivity index (χ0v) is 37.5. The van der Waals surface area contributed by atoms with E-state index in [0.717, 1.165) is 38.5 Å². The second-order valence-corrected chi connectivity index (χ2v) is 16.0. The van der Waals surface area contributed by atoms with Crippen molar-refractivity contribution in [3.05, 3.63) is 17.7 Å². The summed E-state index contributed by atoms with van der Waals surface area (Å²) < 4.78 is 35.7. The number of rotatable bonds is 45. The van der Waals surface area contributed by atoms with Crippen LogP contribution in [0.25, 0.3) is 0 Å². The molecule has 1 N–H and O–H groups in total. The van der Waals surface area contributed by atoms with Crippen LogP contribution >= 0.6 is 0 Å². The van der Waals surface area contributed by atoms with E-state index in [2.05, 4.69) is 20.8 Å². The monoisotopic (exact) mass is 807 g/mol. The first-order valence-corrected chi connectivity index (χ1v) is 24.2. The maximum atomic E-state index is 13.3. The first-order valence-electron chi connectivity index (χ1n) is 24.2. The fourth-order valence-electron chi connectivity index (χ4n) is 7.02. The minimum atomic E-state index is -0.441. The summed E-state index contributed by atoms with van der Waals surface area (Å²) in [5.41, 5.74) is 0.392. The highest BCUT2D eigenvalue weighted by molar-refractivity contribution is 5.91. The van der Waals surface area contributed by atoms with E-state index in [9.17, 15) is 4.79 Å². The molecule has 0 fully saturated rings. The summed E-state index contributed by atoms with van der Waals surface area (Å²) in [4.78, 5) is 13.3. The summed E-state index contributed by atoms with van der Waals surface area (Å²) in [7, 11) is 0. The van der Waals surface area contributed by atoms with E-state index in [0.29, 0.717) is 55.8 Å². The molecule has 0 amide bonds. The Kier molecular flexibility index (Phi) is 39.1. The number of aliphatic hydroxyl groups is 1. The van der Waals surface area contributed by atoms with Gasteiger partial charge in [0.1, 0.15) is 6.61 Å². The normalized spacial score (nSPS) is 11.3. The van der Waals surface area contributed by atoms with Crippen molar-refractivity contribution in [1.29, 1.82) is 0 Å². The number of aliphatic hydroxyl groups excluding tert-OH is 1. The van der Waals surface area contributed by atoms with Gasteiger partial charge in [0, 0.05) is 0 Å². The van der Waals surface area contributed by atoms with Gasteiger partial charge in [-0.15, -0.1) is 0 Å². The fourth-order valence-corrected chi connectivity index (χ4v) is 7.02. The van der Waals surface area contributed by atoms with Crippen LogP contribution in [0.2, 0.25) is 0 Å². The zero-order chi connectivity index (χ0) is 41.1. The van der Waals surface area contributed by atoms with Crippen molar-refractivity contribution in [3.8, 4) is 17.2 Å². The van der Waals surface area contributed by atoms with E-state index < -0.39 is 5.97 Å². The van der Waals surface area contributed by atoms with Crippen molar-refractivity contribution in [1.82, 2.24) is 0 Å². The molecule has 1 aromatic rings. The third-order valence-corrected chi connectivity index (χ3v) is 10.6. The highest BCUT2D eigenvalue weighted by Gasteiger charge is 2.20. The number of hydrogen-bond acceptors (Lipinski definition) is 8. The lowest BCUT2D eigenvalue weighted by molar-refractivity contribution is 0.00916. The summed E-state index contributed by atoms with van der Waals surface area (Å²) >= 11 is 0. The molecule has 8 nitrogen and oxygen atoms in total. The quantitative estimate of drug-likeness (QED) is 0.0514. The van der Waals surface area contributed by atoms with Crippen LogP contribution in [0.1, 0.15) is 224 Å². The number of benzene rings is 1. The van der Waals surface area contributed by atoms with Crippen molar-refractivity contribution in [2.45, 2.75) is 213 Å². The molecule has 0 unspecified atom stereocenters. The lowest BCUT2D eigenvalue weighted by Crippen LogP contribution is -2.14. The average Bonchev–Trinajstić information content (AvgIpc) is 3.22. The topological polar surface area (TPSA) is 92.7 Å². The van der Waals surface area contributed by atoms with Gasteiger partial charge in [0.25, 0.3) is 0 Å². The van der Waals surface area contributed by atoms with Crippen LogP contribution in [-0.4, -0.2) is 70.5 Å². The summed E-state index contributed by atoms with van der Waals surface area (Å²) in [6.07, 6.45) is 37.8. The fraction of sp³-hybridized carbons (Fsp3) is 0.857. The van der Waals surface area contributed by atoms with E-state index in [4.69, 9.17) is 33.5 Å². The van der Waals surface area contributed by atoms with Crippen molar-refractivity contribution in [2.24, 2.45) is 0 Å². The Hall–Kier alpha value is -2.03. The molecule has 0 aliphatic carbocycles. The molecule has 57 heavy (non-hydrogen) atoms. The van der Waals surface area contributed by atoms with Crippen LogP contribution in [0.3, 0.4) is 0 Å². The minimum absolute atomic E-state index is 0.0172. The van der Waals surface area contributed by atoms with Crippen molar-refractivity contribution in [2.75, 3.05) is 59.5 Å². The molecular formula is C49H90O8. The SMILES string of the molecule is CCCCCCCCCCCCOc1cc(C(=O)OCCOCCOCCO)cc(OCCCCCCCCCCCC)c1OCCCCCCCCCCCC. The van der Waals surface area contributed by atoms with E-state index >= 15 is 0 Å². The number of unbranched alkanes of at least 4 members (excludes halogenated alkanes) is 27. The Morgan fingerprint density at radius 3 is 1.09 bits per heavy atom. The largest absolute Gasteiger partial charge is 0.490 e. The number of ether oxygens (including phenoxy) is 6. The van der Waals surface area contributed by atoms with Crippen LogP contribution in [0.5, 0.6) is 17.2 Å². The Morgan fingerprint density at radius 1 is 0.404 bits per heavy atom. The average molecular weight is 807 g/mol. The molecule has 0 radical (unpaired) electrons. The van der Waals surface area contributed by atoms with E-state index in [1.165, 1.54) is 154 Å². The maximum absolute atomic E-state index is 13.3. The van der Waals surface area contributed by atoms with Gasteiger partial charge in [-0.25, -0.2) is 4.79 Å². The van der Waals surface area contributed by atoms with Crippen molar-refractivity contribution < 1.29 is 38.3 Å². The number of carbonyl (C=O) groups excluding carboxylic acids is 1. The van der Waals surface area contributed by atoms with Crippen LogP contribution in [-0.2, 0) is 14.2 Å². The first kappa shape index (κ1) is 53.0. The molecule has 0 spiro atoms. The highest BCUT2D eigenvalue weighted by atomic mass is 16.6. The Morgan fingerprint density at radius 2 is 0.719 bits per heavy atom. The summed E-state index contributed by atoms with van der Waals surface area (Å²) in [5, 5.41) is 8.86. The van der Waals surface area contributed by atoms with Crippen molar-refractivity contribution >= 4 is 5.97 Å². The van der Waals surface area contributed by atoms with Gasteiger partial charge in [0.15, 0.2) is 11.5 Å². The molecule has 0 saturated heterocycles. The Balaban J connectivity index is 2.87. The molecular weight excluding hydrogens is 717 g/mol. The zero-order valence-electron chi connectivity index (χ0n) is 37.5. The number of carbonyl (C=O) groups is 1. The molecule has 334 valence electrons. The number of esters is 1. The van der Waals surface area contributed by atoms with Gasteiger partial charge < -0.3 is 33.5 Å². The maximum Gasteiger partial charge on any atom is 0.338 e. The third kappa shape index (κ3) is 32.5. The van der Waals surface area contributed by atoms with Gasteiger partial charge in [-0.2, -0.15) is 0 Å². The number of hydrogen-bond donors (Lipinski definition) is 1. The predicted molar refractivity (Wildman–Crippen MR) is 237 cm³/mol. The van der Waals surface area contributed by atoms with Gasteiger partial charge in [-0.1, -0.05) is 194 Å². The second kappa shape index (κ2) is 42.1. The van der Waals surface area contributed by atoms with Crippen LogP contribution in [0.4, 0.5) is 0 Å². The Labute approximate surface area is 351 Å². The molecule has 0 aliphatic rings. The van der Waals surface area contributed by atoms with Crippen LogP contribution in [0.15, 0.2) is 12.1 Å². The van der Waals surface area contributed by atoms with E-state index in [1.807, 2.05) is 0 Å². The summed E-state index contributed by atoms with van der Waals surface area (Å²) in [6.45, 7) is 9.92. The summed E-state index contributed by atoms with van der Waals surface area (Å²) in [6, 6.07) is 3.53. The smallest absolute Gasteiger partial charge is 0.338 e. The van der Waals surface area contributed by atoms with Crippen LogP contribution < -0.4 is 14.2 Å². The van der Waals surface area contributed by atoms with Gasteiger partial charge in [-0.3, -0.25) is 0 Å². The van der Waals surface area contributed by atoms with E-state index in [-0.39, 0.29) is 26.4 Å². The molecule has 1 rings (SSSR count).